The van der Waals surface area contributed by atoms with E-state index < -0.39 is 4.92 Å². The molecule has 0 radical (unpaired) electrons. The van der Waals surface area contributed by atoms with E-state index in [2.05, 4.69) is 0 Å². The number of carbonyl (C=O) groups excluding carboxylic acids is 1. The lowest BCUT2D eigenvalue weighted by atomic mass is 10.0. The zero-order chi connectivity index (χ0) is 15.4. The smallest absolute Gasteiger partial charge is 0.281 e. The normalized spacial score (nSPS) is 10.2. The molecule has 108 valence electrons. The quantitative estimate of drug-likeness (QED) is 0.480. The molecular weight excluding hydrogens is 294 g/mol. The third-order valence-electron chi connectivity index (χ3n) is 3.00. The van der Waals surface area contributed by atoms with Crippen LogP contribution in [-0.4, -0.2) is 17.8 Å². The lowest BCUT2D eigenvalue weighted by Crippen LogP contribution is -2.08. The second-order valence-corrected chi connectivity index (χ2v) is 4.77. The Balaban J connectivity index is 2.35. The van der Waals surface area contributed by atoms with Gasteiger partial charge in [0.15, 0.2) is 5.78 Å². The highest BCUT2D eigenvalue weighted by Crippen LogP contribution is 2.26. The van der Waals surface area contributed by atoms with Gasteiger partial charge in [0.25, 0.3) is 5.69 Å². The van der Waals surface area contributed by atoms with Gasteiger partial charge in [-0.3, -0.25) is 14.9 Å². The molecule has 2 aromatic carbocycles. The number of para-hydroxylation sites is 1. The molecule has 5 nitrogen and oxygen atoms in total. The molecule has 2 aromatic rings. The molecule has 6 heteroatoms. The zero-order valence-electron chi connectivity index (χ0n) is 11.2. The Kier molecular flexibility index (Phi) is 4.55. The first-order valence-corrected chi connectivity index (χ1v) is 6.49. The van der Waals surface area contributed by atoms with Crippen molar-refractivity contribution in [1.82, 2.24) is 0 Å². The van der Waals surface area contributed by atoms with E-state index in [1.165, 1.54) is 25.3 Å². The minimum absolute atomic E-state index is 0.0203. The van der Waals surface area contributed by atoms with E-state index in [0.29, 0.717) is 11.3 Å². The van der Waals surface area contributed by atoms with Crippen molar-refractivity contribution < 1.29 is 14.5 Å². The summed E-state index contributed by atoms with van der Waals surface area (Å²) in [5.41, 5.74) is 0.423. The highest BCUT2D eigenvalue weighted by atomic mass is 35.5. The van der Waals surface area contributed by atoms with Crippen molar-refractivity contribution in [1.29, 1.82) is 0 Å². The molecule has 0 heterocycles. The van der Waals surface area contributed by atoms with Gasteiger partial charge in [-0.25, -0.2) is 0 Å². The Labute approximate surface area is 126 Å². The van der Waals surface area contributed by atoms with Gasteiger partial charge in [-0.05, 0) is 18.2 Å². The summed E-state index contributed by atoms with van der Waals surface area (Å²) in [4.78, 5) is 22.7. The first-order chi connectivity index (χ1) is 10.0. The van der Waals surface area contributed by atoms with Crippen molar-refractivity contribution in [2.45, 2.75) is 6.42 Å². The average molecular weight is 306 g/mol. The Morgan fingerprint density at radius 1 is 1.29 bits per heavy atom. The number of nitro benzene ring substituents is 1. The number of methoxy groups -OCH3 is 1. The van der Waals surface area contributed by atoms with Crippen LogP contribution in [0.3, 0.4) is 0 Å². The predicted octanol–water partition coefficient (Wildman–Crippen LogP) is 3.68. The summed E-state index contributed by atoms with van der Waals surface area (Å²) < 4.78 is 5.17. The molecule has 0 fully saturated rings. The van der Waals surface area contributed by atoms with Crippen molar-refractivity contribution >= 4 is 23.1 Å². The van der Waals surface area contributed by atoms with E-state index in [9.17, 15) is 14.9 Å². The van der Waals surface area contributed by atoms with Crippen LogP contribution >= 0.6 is 11.6 Å². The third-order valence-corrected chi connectivity index (χ3v) is 3.24. The standard InChI is InChI=1S/C15H12ClNO4/c1-21-15-5-3-2-4-10(15)8-14(18)12-7-6-11(16)9-13(12)17(19)20/h2-7,9H,8H2,1H3. The molecule has 0 saturated heterocycles. The fraction of sp³-hybridized carbons (Fsp3) is 0.133. The maximum Gasteiger partial charge on any atom is 0.281 e. The van der Waals surface area contributed by atoms with Gasteiger partial charge in [-0.2, -0.15) is 0 Å². The molecule has 0 amide bonds. The van der Waals surface area contributed by atoms with Crippen LogP contribution in [0.5, 0.6) is 5.75 Å². The second kappa shape index (κ2) is 6.37. The van der Waals surface area contributed by atoms with Crippen LogP contribution in [0, 0.1) is 10.1 Å². The number of Topliss-reactive ketones (excluding diaryl/α,β-unsaturated/α-hetero) is 1. The molecule has 0 aromatic heterocycles. The van der Waals surface area contributed by atoms with Crippen molar-refractivity contribution in [3.05, 3.63) is 68.7 Å². The van der Waals surface area contributed by atoms with E-state index in [0.717, 1.165) is 0 Å². The summed E-state index contributed by atoms with van der Waals surface area (Å²) in [6, 6.07) is 11.1. The maximum atomic E-state index is 12.3. The molecule has 0 saturated carbocycles. The first-order valence-electron chi connectivity index (χ1n) is 6.12. The molecule has 0 N–H and O–H groups in total. The van der Waals surface area contributed by atoms with Crippen molar-refractivity contribution in [3.8, 4) is 5.75 Å². The van der Waals surface area contributed by atoms with Crippen molar-refractivity contribution in [3.63, 3.8) is 0 Å². The topological polar surface area (TPSA) is 69.4 Å². The second-order valence-electron chi connectivity index (χ2n) is 4.33. The van der Waals surface area contributed by atoms with Gasteiger partial charge in [0.1, 0.15) is 5.75 Å². The van der Waals surface area contributed by atoms with E-state index >= 15 is 0 Å². The summed E-state index contributed by atoms with van der Waals surface area (Å²) >= 11 is 5.74. The van der Waals surface area contributed by atoms with Crippen LogP contribution in [0.2, 0.25) is 5.02 Å². The zero-order valence-corrected chi connectivity index (χ0v) is 12.0. The van der Waals surface area contributed by atoms with Crippen molar-refractivity contribution in [2.75, 3.05) is 7.11 Å². The van der Waals surface area contributed by atoms with Gasteiger partial charge in [-0.1, -0.05) is 29.8 Å². The van der Waals surface area contributed by atoms with E-state index in [4.69, 9.17) is 16.3 Å². The summed E-state index contributed by atoms with van der Waals surface area (Å²) in [5, 5.41) is 11.2. The third kappa shape index (κ3) is 3.38. The fourth-order valence-corrected chi connectivity index (χ4v) is 2.18. The SMILES string of the molecule is COc1ccccc1CC(=O)c1ccc(Cl)cc1[N+](=O)[O-]. The first kappa shape index (κ1) is 15.0. The molecule has 0 bridgehead atoms. The molecule has 0 aliphatic carbocycles. The number of rotatable bonds is 5. The fourth-order valence-electron chi connectivity index (χ4n) is 2.01. The summed E-state index contributed by atoms with van der Waals surface area (Å²) in [6.45, 7) is 0. The van der Waals surface area contributed by atoms with Gasteiger partial charge in [0, 0.05) is 23.1 Å². The summed E-state index contributed by atoms with van der Waals surface area (Å²) in [7, 11) is 1.51. The van der Waals surface area contributed by atoms with E-state index in [1.807, 2.05) is 0 Å². The van der Waals surface area contributed by atoms with Crippen LogP contribution in [0.1, 0.15) is 15.9 Å². The average Bonchev–Trinajstić information content (AvgIpc) is 2.47. The maximum absolute atomic E-state index is 12.3. The highest BCUT2D eigenvalue weighted by molar-refractivity contribution is 6.31. The van der Waals surface area contributed by atoms with Gasteiger partial charge in [-0.15, -0.1) is 0 Å². The Morgan fingerprint density at radius 2 is 2.00 bits per heavy atom. The number of hydrogen-bond donors (Lipinski definition) is 0. The minimum Gasteiger partial charge on any atom is -0.496 e. The monoisotopic (exact) mass is 305 g/mol. The van der Waals surface area contributed by atoms with E-state index in [1.54, 1.807) is 24.3 Å². The number of halogens is 1. The number of ether oxygens (including phenoxy) is 1. The number of ketones is 1. The molecule has 0 aliphatic rings. The lowest BCUT2D eigenvalue weighted by Gasteiger charge is -2.08. The Morgan fingerprint density at radius 3 is 2.67 bits per heavy atom. The molecule has 0 aliphatic heterocycles. The lowest BCUT2D eigenvalue weighted by molar-refractivity contribution is -0.385. The van der Waals surface area contributed by atoms with Gasteiger partial charge < -0.3 is 4.74 Å². The van der Waals surface area contributed by atoms with Crippen LogP contribution in [0.4, 0.5) is 5.69 Å². The van der Waals surface area contributed by atoms with Gasteiger partial charge >= 0.3 is 0 Å². The van der Waals surface area contributed by atoms with Crippen LogP contribution in [-0.2, 0) is 6.42 Å². The van der Waals surface area contributed by atoms with Gasteiger partial charge in [0.05, 0.1) is 17.6 Å². The summed E-state index contributed by atoms with van der Waals surface area (Å²) in [6.07, 6.45) is 0.0203. The van der Waals surface area contributed by atoms with E-state index in [-0.39, 0.29) is 28.5 Å². The predicted molar refractivity (Wildman–Crippen MR) is 79.1 cm³/mol. The van der Waals surface area contributed by atoms with Crippen LogP contribution in [0.25, 0.3) is 0 Å². The molecule has 0 unspecified atom stereocenters. The molecule has 21 heavy (non-hydrogen) atoms. The molecule has 0 spiro atoms. The Bertz CT molecular complexity index is 700. The number of benzene rings is 2. The summed E-state index contributed by atoms with van der Waals surface area (Å²) in [5.74, 6) is 0.213. The number of nitro groups is 1. The van der Waals surface area contributed by atoms with Gasteiger partial charge in [0.2, 0.25) is 0 Å². The Hall–Kier alpha value is -2.40. The van der Waals surface area contributed by atoms with Crippen LogP contribution < -0.4 is 4.74 Å². The minimum atomic E-state index is -0.610. The number of nitrogens with zero attached hydrogens (tertiary/aromatic N) is 1. The van der Waals surface area contributed by atoms with Crippen molar-refractivity contribution in [2.24, 2.45) is 0 Å². The molecule has 0 atom stereocenters. The number of hydrogen-bond acceptors (Lipinski definition) is 4. The number of carbonyl (C=O) groups is 1. The highest BCUT2D eigenvalue weighted by Gasteiger charge is 2.21. The molecule has 2 rings (SSSR count). The largest absolute Gasteiger partial charge is 0.496 e. The van der Waals surface area contributed by atoms with Crippen LogP contribution in [0.15, 0.2) is 42.5 Å². The molecular formula is C15H12ClNO4.